The fourth-order valence-corrected chi connectivity index (χ4v) is 4.27. The Bertz CT molecular complexity index is 1030. The molecule has 32 heavy (non-hydrogen) atoms. The van der Waals surface area contributed by atoms with Crippen LogP contribution in [-0.4, -0.2) is 61.8 Å². The second-order valence-electron chi connectivity index (χ2n) is 7.90. The van der Waals surface area contributed by atoms with Gasteiger partial charge in [-0.3, -0.25) is 14.5 Å². The van der Waals surface area contributed by atoms with Crippen LogP contribution in [-0.2, 0) is 11.2 Å². The molecule has 2 aliphatic rings. The summed E-state index contributed by atoms with van der Waals surface area (Å²) in [4.78, 5) is 27.5. The number of ether oxygens (including phenoxy) is 1. The van der Waals surface area contributed by atoms with E-state index >= 15 is 0 Å². The molecule has 0 unspecified atom stereocenters. The molecule has 0 saturated carbocycles. The van der Waals surface area contributed by atoms with Gasteiger partial charge in [-0.05, 0) is 31.9 Å². The van der Waals surface area contributed by atoms with Crippen LogP contribution in [0, 0.1) is 6.92 Å². The average Bonchev–Trinajstić information content (AvgIpc) is 3.15. The number of rotatable bonds is 6. The highest BCUT2D eigenvalue weighted by molar-refractivity contribution is 6.33. The highest BCUT2D eigenvalue weighted by Crippen LogP contribution is 2.30. The Hall–Kier alpha value is -2.68. The summed E-state index contributed by atoms with van der Waals surface area (Å²) < 4.78 is 11.3. The molecule has 8 nitrogen and oxygen atoms in total. The molecule has 1 aliphatic heterocycles. The zero-order valence-corrected chi connectivity index (χ0v) is 18.8. The van der Waals surface area contributed by atoms with E-state index in [2.05, 4.69) is 20.7 Å². The van der Waals surface area contributed by atoms with Gasteiger partial charge < -0.3 is 14.5 Å². The maximum atomic E-state index is 12.7. The van der Waals surface area contributed by atoms with Gasteiger partial charge in [0.25, 0.3) is 11.8 Å². The van der Waals surface area contributed by atoms with E-state index in [-0.39, 0.29) is 11.8 Å². The third-order valence-corrected chi connectivity index (χ3v) is 6.09. The number of morpholine rings is 1. The first-order chi connectivity index (χ1) is 15.5. The van der Waals surface area contributed by atoms with Gasteiger partial charge in [0.1, 0.15) is 5.76 Å². The molecule has 0 atom stereocenters. The molecule has 2 heterocycles. The molecule has 2 aromatic rings. The van der Waals surface area contributed by atoms with Gasteiger partial charge in [-0.2, -0.15) is 5.10 Å². The summed E-state index contributed by atoms with van der Waals surface area (Å²) in [7, 11) is 0. The van der Waals surface area contributed by atoms with Crippen LogP contribution in [0.25, 0.3) is 0 Å². The summed E-state index contributed by atoms with van der Waals surface area (Å²) in [6, 6.07) is 6.82. The number of hydrogen-bond donors (Lipinski definition) is 2. The lowest BCUT2D eigenvalue weighted by Gasteiger charge is -2.26. The molecule has 1 aliphatic carbocycles. The van der Waals surface area contributed by atoms with Crippen LogP contribution in [0.15, 0.2) is 33.8 Å². The Labute approximate surface area is 191 Å². The lowest BCUT2D eigenvalue weighted by molar-refractivity contribution is 0.0382. The van der Waals surface area contributed by atoms with Crippen LogP contribution in [0.4, 0.5) is 0 Å². The average molecular weight is 459 g/mol. The van der Waals surface area contributed by atoms with Gasteiger partial charge in [0.2, 0.25) is 0 Å². The van der Waals surface area contributed by atoms with E-state index in [0.29, 0.717) is 35.0 Å². The number of fused-ring (bicyclic) bond motifs is 1. The minimum atomic E-state index is -0.377. The minimum absolute atomic E-state index is 0.232. The molecule has 2 N–H and O–H groups in total. The fraction of sp³-hybridized carbons (Fsp3) is 0.435. The zero-order chi connectivity index (χ0) is 22.5. The molecule has 1 aromatic heterocycles. The molecule has 1 aromatic carbocycles. The molecule has 0 spiro atoms. The number of furan rings is 1. The van der Waals surface area contributed by atoms with Crippen molar-refractivity contribution >= 4 is 29.1 Å². The molecular formula is C23H27ClN4O4. The maximum absolute atomic E-state index is 12.7. The van der Waals surface area contributed by atoms with Crippen molar-refractivity contribution in [3.63, 3.8) is 0 Å². The molecular weight excluding hydrogens is 432 g/mol. The number of carbonyl (C=O) groups excluding carboxylic acids is 2. The van der Waals surface area contributed by atoms with E-state index in [9.17, 15) is 9.59 Å². The Morgan fingerprint density at radius 3 is 2.72 bits per heavy atom. The minimum Gasteiger partial charge on any atom is -0.455 e. The normalized spacial score (nSPS) is 17.8. The first-order valence-electron chi connectivity index (χ1n) is 10.9. The van der Waals surface area contributed by atoms with Gasteiger partial charge in [0.05, 0.1) is 29.5 Å². The van der Waals surface area contributed by atoms with Crippen LogP contribution in [0.5, 0.6) is 0 Å². The van der Waals surface area contributed by atoms with Crippen LogP contribution < -0.4 is 10.7 Å². The number of aryl methyl sites for hydroxylation is 1. The van der Waals surface area contributed by atoms with Crippen molar-refractivity contribution in [2.24, 2.45) is 5.10 Å². The lowest BCUT2D eigenvalue weighted by Crippen LogP contribution is -2.41. The first-order valence-corrected chi connectivity index (χ1v) is 11.2. The van der Waals surface area contributed by atoms with Crippen molar-refractivity contribution in [2.45, 2.75) is 26.2 Å². The largest absolute Gasteiger partial charge is 0.455 e. The topological polar surface area (TPSA) is 96.2 Å². The van der Waals surface area contributed by atoms with Crippen molar-refractivity contribution in [1.82, 2.24) is 15.6 Å². The predicted octanol–water partition coefficient (Wildman–Crippen LogP) is 2.77. The van der Waals surface area contributed by atoms with E-state index in [1.807, 2.05) is 6.92 Å². The summed E-state index contributed by atoms with van der Waals surface area (Å²) in [5.41, 5.74) is 5.22. The van der Waals surface area contributed by atoms with Crippen molar-refractivity contribution in [3.8, 4) is 0 Å². The SMILES string of the molecule is Cc1c(C(=O)NCCN2CCOCC2)oc2c1/C(=N/NC(=O)c1ccccc1Cl)CCC2. The van der Waals surface area contributed by atoms with Gasteiger partial charge in [0, 0.05) is 43.7 Å². The first kappa shape index (κ1) is 22.5. The Morgan fingerprint density at radius 1 is 1.16 bits per heavy atom. The third kappa shape index (κ3) is 5.03. The second kappa shape index (κ2) is 10.3. The summed E-state index contributed by atoms with van der Waals surface area (Å²) in [5.74, 6) is 0.434. The van der Waals surface area contributed by atoms with Crippen LogP contribution in [0.3, 0.4) is 0 Å². The molecule has 170 valence electrons. The zero-order valence-electron chi connectivity index (χ0n) is 18.1. The predicted molar refractivity (Wildman–Crippen MR) is 121 cm³/mol. The monoisotopic (exact) mass is 458 g/mol. The standard InChI is InChI=1S/C23H27ClN4O4/c1-15-20-18(26-27-22(29)16-5-2-3-6-17(16)24)7-4-8-19(20)32-21(15)23(30)25-9-10-28-11-13-31-14-12-28/h2-3,5-6H,4,7-14H2,1H3,(H,25,30)(H,27,29)/b26-18+. The number of nitrogens with zero attached hydrogens (tertiary/aromatic N) is 2. The summed E-state index contributed by atoms with van der Waals surface area (Å²) >= 11 is 6.10. The molecule has 0 bridgehead atoms. The summed E-state index contributed by atoms with van der Waals surface area (Å²) in [6.07, 6.45) is 2.25. The molecule has 0 radical (unpaired) electrons. The highest BCUT2D eigenvalue weighted by atomic mass is 35.5. The Kier molecular flexibility index (Phi) is 7.24. The van der Waals surface area contributed by atoms with Gasteiger partial charge in [0.15, 0.2) is 5.76 Å². The molecule has 1 saturated heterocycles. The highest BCUT2D eigenvalue weighted by Gasteiger charge is 2.28. The summed E-state index contributed by atoms with van der Waals surface area (Å²) in [5, 5.41) is 7.66. The van der Waals surface area contributed by atoms with E-state index in [4.69, 9.17) is 20.8 Å². The smallest absolute Gasteiger partial charge is 0.287 e. The van der Waals surface area contributed by atoms with E-state index in [1.165, 1.54) is 0 Å². The number of hydrazone groups is 1. The van der Waals surface area contributed by atoms with E-state index < -0.39 is 0 Å². The third-order valence-electron chi connectivity index (χ3n) is 5.76. The van der Waals surface area contributed by atoms with Gasteiger partial charge in [-0.1, -0.05) is 23.7 Å². The van der Waals surface area contributed by atoms with Crippen molar-refractivity contribution < 1.29 is 18.7 Å². The van der Waals surface area contributed by atoms with Gasteiger partial charge >= 0.3 is 0 Å². The Morgan fingerprint density at radius 2 is 1.94 bits per heavy atom. The van der Waals surface area contributed by atoms with E-state index in [0.717, 1.165) is 62.6 Å². The van der Waals surface area contributed by atoms with E-state index in [1.54, 1.807) is 24.3 Å². The van der Waals surface area contributed by atoms with Gasteiger partial charge in [-0.15, -0.1) is 0 Å². The van der Waals surface area contributed by atoms with Crippen LogP contribution in [0.1, 0.15) is 50.6 Å². The number of benzene rings is 1. The fourth-order valence-electron chi connectivity index (χ4n) is 4.05. The van der Waals surface area contributed by atoms with Crippen LogP contribution in [0.2, 0.25) is 5.02 Å². The van der Waals surface area contributed by atoms with Gasteiger partial charge in [-0.25, -0.2) is 5.43 Å². The second-order valence-corrected chi connectivity index (χ2v) is 8.30. The van der Waals surface area contributed by atoms with Crippen molar-refractivity contribution in [2.75, 3.05) is 39.4 Å². The molecule has 2 amide bonds. The van der Waals surface area contributed by atoms with Crippen molar-refractivity contribution in [1.29, 1.82) is 0 Å². The van der Waals surface area contributed by atoms with Crippen LogP contribution >= 0.6 is 11.6 Å². The molecule has 4 rings (SSSR count). The molecule has 1 fully saturated rings. The maximum Gasteiger partial charge on any atom is 0.287 e. The summed E-state index contributed by atoms with van der Waals surface area (Å²) in [6.45, 7) is 6.39. The quantitative estimate of drug-likeness (QED) is 0.649. The number of amides is 2. The molecule has 9 heteroatoms. The number of nitrogens with one attached hydrogen (secondary N) is 2. The number of halogens is 1. The van der Waals surface area contributed by atoms with Crippen molar-refractivity contribution in [3.05, 3.63) is 57.5 Å². The number of carbonyl (C=O) groups is 2. The Balaban J connectivity index is 1.43. The number of hydrogen-bond acceptors (Lipinski definition) is 6. The lowest BCUT2D eigenvalue weighted by atomic mass is 9.93.